The molecule has 0 fully saturated rings. The molecule has 0 bridgehead atoms. The van der Waals surface area contributed by atoms with Crippen LogP contribution in [-0.4, -0.2) is 12.5 Å². The third-order valence-corrected chi connectivity index (χ3v) is 4.23. The molecule has 0 aromatic heterocycles. The molecule has 0 aliphatic heterocycles. The van der Waals surface area contributed by atoms with Crippen molar-refractivity contribution < 1.29 is 82.8 Å². The van der Waals surface area contributed by atoms with Gasteiger partial charge in [0, 0.05) is 11.4 Å². The number of phosphoric ester groups is 1. The molecule has 0 aliphatic carbocycles. The van der Waals surface area contributed by atoms with Gasteiger partial charge in [-0.25, -0.2) is 0 Å². The summed E-state index contributed by atoms with van der Waals surface area (Å²) >= 11 is 5.82. The summed E-state index contributed by atoms with van der Waals surface area (Å²) in [5.41, 5.74) is 0.618. The second kappa shape index (κ2) is 15.9. The van der Waals surface area contributed by atoms with E-state index in [0.29, 0.717) is 17.0 Å². The maximum Gasteiger partial charge on any atom is 1.00 e. The second-order valence-corrected chi connectivity index (χ2v) is 7.17. The average molecular weight is 422 g/mol. The minimum Gasteiger partial charge on any atom is -0.790 e. The first-order valence-electron chi connectivity index (χ1n) is 8.03. The molecule has 1 amide bonds. The molecule has 1 rings (SSSR count). The van der Waals surface area contributed by atoms with Crippen molar-refractivity contribution >= 4 is 25.3 Å². The van der Waals surface area contributed by atoms with Crippen LogP contribution in [0.1, 0.15) is 57.1 Å². The Kier molecular flexibility index (Phi) is 18.0. The quantitative estimate of drug-likeness (QED) is 0.229. The van der Waals surface area contributed by atoms with Crippen molar-refractivity contribution in [2.75, 3.05) is 6.61 Å². The summed E-state index contributed by atoms with van der Waals surface area (Å²) in [5, 5.41) is 3.22. The molecular formula is C16H23ClNNa2O5P. The maximum absolute atomic E-state index is 12.0. The van der Waals surface area contributed by atoms with Crippen LogP contribution >= 0.6 is 19.4 Å². The second-order valence-electron chi connectivity index (χ2n) is 5.58. The van der Waals surface area contributed by atoms with Crippen molar-refractivity contribution in [3.63, 3.8) is 0 Å². The van der Waals surface area contributed by atoms with E-state index in [9.17, 15) is 19.1 Å². The Labute approximate surface area is 204 Å². The molecule has 136 valence electrons. The number of amides is 1. The molecule has 0 spiro atoms. The largest absolute Gasteiger partial charge is 1.00 e. The van der Waals surface area contributed by atoms with Crippen LogP contribution in [-0.2, 0) is 13.9 Å². The van der Waals surface area contributed by atoms with Crippen LogP contribution < -0.4 is 74.2 Å². The molecular weight excluding hydrogens is 399 g/mol. The molecule has 0 saturated carbocycles. The molecule has 10 heteroatoms. The number of phosphoric acid groups is 1. The van der Waals surface area contributed by atoms with E-state index >= 15 is 0 Å². The number of rotatable bonds is 11. The topological polar surface area (TPSA) is 102 Å². The summed E-state index contributed by atoms with van der Waals surface area (Å²) < 4.78 is 15.0. The number of carbonyl (C=O) groups is 1. The van der Waals surface area contributed by atoms with E-state index in [1.165, 1.54) is 0 Å². The first-order valence-corrected chi connectivity index (χ1v) is 9.87. The van der Waals surface area contributed by atoms with Crippen LogP contribution in [0.3, 0.4) is 0 Å². The van der Waals surface area contributed by atoms with Crippen molar-refractivity contribution in [3.8, 4) is 0 Å². The molecule has 1 N–H and O–H groups in total. The molecule has 0 radical (unpaired) electrons. The summed E-state index contributed by atoms with van der Waals surface area (Å²) in [7, 11) is -5.10. The van der Waals surface area contributed by atoms with Crippen LogP contribution in [0.4, 0.5) is 0 Å². The number of benzene rings is 1. The molecule has 1 atom stereocenters. The standard InChI is InChI=1S/C16H25ClNO5P.2Na/c1-2-3-4-5-6-7-16(19)18-15(12-23-24(20,21)22)13-8-10-14(17)11-9-13;;/h8-11,15H,2-7,12H2,1H3,(H,18,19)(H2,20,21,22);;/q;2*+1/p-2. The minimum atomic E-state index is -5.10. The van der Waals surface area contributed by atoms with Gasteiger partial charge in [0.15, 0.2) is 0 Å². The molecule has 26 heavy (non-hydrogen) atoms. The van der Waals surface area contributed by atoms with Crippen molar-refractivity contribution in [1.29, 1.82) is 0 Å². The molecule has 0 saturated heterocycles. The number of carbonyl (C=O) groups excluding carboxylic acids is 1. The van der Waals surface area contributed by atoms with Gasteiger partial charge in [-0.1, -0.05) is 56.3 Å². The first kappa shape index (κ1) is 29.3. The van der Waals surface area contributed by atoms with Gasteiger partial charge in [-0.05, 0) is 24.1 Å². The summed E-state index contributed by atoms with van der Waals surface area (Å²) in [5.74, 6) is -0.207. The van der Waals surface area contributed by atoms with Crippen molar-refractivity contribution in [1.82, 2.24) is 5.32 Å². The third-order valence-electron chi connectivity index (χ3n) is 3.51. The average Bonchev–Trinajstić information content (AvgIpc) is 2.51. The van der Waals surface area contributed by atoms with Gasteiger partial charge < -0.3 is 24.2 Å². The van der Waals surface area contributed by atoms with Crippen LogP contribution in [0.15, 0.2) is 24.3 Å². The number of nitrogens with one attached hydrogen (secondary N) is 1. The fraction of sp³-hybridized carbons (Fsp3) is 0.562. The van der Waals surface area contributed by atoms with Crippen LogP contribution in [0.25, 0.3) is 0 Å². The fourth-order valence-corrected chi connectivity index (χ4v) is 2.70. The monoisotopic (exact) mass is 421 g/mol. The van der Waals surface area contributed by atoms with Crippen molar-refractivity contribution in [3.05, 3.63) is 34.9 Å². The van der Waals surface area contributed by atoms with Crippen LogP contribution in [0.5, 0.6) is 0 Å². The molecule has 1 unspecified atom stereocenters. The zero-order valence-electron chi connectivity index (χ0n) is 15.7. The summed E-state index contributed by atoms with van der Waals surface area (Å²) in [6, 6.07) is 5.82. The van der Waals surface area contributed by atoms with E-state index in [-0.39, 0.29) is 65.0 Å². The predicted molar refractivity (Wildman–Crippen MR) is 89.3 cm³/mol. The van der Waals surface area contributed by atoms with Crippen LogP contribution in [0, 0.1) is 0 Å². The molecule has 1 aromatic rings. The van der Waals surface area contributed by atoms with Gasteiger partial charge in [0.05, 0.1) is 20.5 Å². The summed E-state index contributed by atoms with van der Waals surface area (Å²) in [6.07, 6.45) is 5.45. The fourth-order valence-electron chi connectivity index (χ4n) is 2.24. The Hall–Kier alpha value is 1.09. The number of halogens is 1. The van der Waals surface area contributed by atoms with E-state index < -0.39 is 20.5 Å². The van der Waals surface area contributed by atoms with Gasteiger partial charge in [-0.3, -0.25) is 4.79 Å². The zero-order chi connectivity index (χ0) is 18.0. The van der Waals surface area contributed by atoms with E-state index in [2.05, 4.69) is 16.8 Å². The summed E-state index contributed by atoms with van der Waals surface area (Å²) in [6.45, 7) is 1.68. The first-order chi connectivity index (χ1) is 11.3. The number of hydrogen-bond acceptors (Lipinski definition) is 5. The van der Waals surface area contributed by atoms with Crippen molar-refractivity contribution in [2.45, 2.75) is 51.5 Å². The van der Waals surface area contributed by atoms with Gasteiger partial charge >= 0.3 is 59.1 Å². The Balaban J connectivity index is 0. The Bertz CT molecular complexity index is 556. The predicted octanol–water partition coefficient (Wildman–Crippen LogP) is -3.29. The molecule has 0 aliphatic rings. The molecule has 1 aromatic carbocycles. The maximum atomic E-state index is 12.0. The SMILES string of the molecule is CCCCCCCC(=O)NC(COP(=O)([O-])[O-])c1ccc(Cl)cc1.[Na+].[Na+]. The Morgan fingerprint density at radius 1 is 1.15 bits per heavy atom. The van der Waals surface area contributed by atoms with E-state index in [1.807, 2.05) is 0 Å². The normalized spacial score (nSPS) is 11.8. The number of unbranched alkanes of at least 4 members (excludes halogenated alkanes) is 4. The zero-order valence-corrected chi connectivity index (χ0v) is 21.4. The van der Waals surface area contributed by atoms with E-state index in [4.69, 9.17) is 11.6 Å². The van der Waals surface area contributed by atoms with Crippen LogP contribution in [0.2, 0.25) is 5.02 Å². The number of hydrogen-bond donors (Lipinski definition) is 1. The van der Waals surface area contributed by atoms with Gasteiger partial charge in [0.1, 0.15) is 0 Å². The smallest absolute Gasteiger partial charge is 0.790 e. The molecule has 6 nitrogen and oxygen atoms in total. The minimum absolute atomic E-state index is 0. The molecule has 0 heterocycles. The Morgan fingerprint density at radius 2 is 1.73 bits per heavy atom. The van der Waals surface area contributed by atoms with Gasteiger partial charge in [0.25, 0.3) is 0 Å². The van der Waals surface area contributed by atoms with Gasteiger partial charge in [-0.15, -0.1) is 0 Å². The Morgan fingerprint density at radius 3 is 2.27 bits per heavy atom. The van der Waals surface area contributed by atoms with Gasteiger partial charge in [-0.2, -0.15) is 0 Å². The van der Waals surface area contributed by atoms with Gasteiger partial charge in [0.2, 0.25) is 5.91 Å². The van der Waals surface area contributed by atoms with Crippen molar-refractivity contribution in [2.24, 2.45) is 0 Å². The third kappa shape index (κ3) is 14.1. The van der Waals surface area contributed by atoms with E-state index in [0.717, 1.165) is 32.1 Å². The van der Waals surface area contributed by atoms with E-state index in [1.54, 1.807) is 24.3 Å². The summed E-state index contributed by atoms with van der Waals surface area (Å²) in [4.78, 5) is 33.4.